The fraction of sp³-hybridized carbons (Fsp3) is 0.150. The van der Waals surface area contributed by atoms with Gasteiger partial charge < -0.3 is 10.4 Å². The molecule has 0 bridgehead atoms. The Morgan fingerprint density at radius 1 is 1.09 bits per heavy atom. The number of nitrogens with one attached hydrogen (secondary N) is 1. The number of hydrogen-bond donors (Lipinski definition) is 2. The monoisotopic (exact) mass is 473 g/mol. The van der Waals surface area contributed by atoms with Crippen LogP contribution in [0.1, 0.15) is 10.4 Å². The molecule has 32 heavy (non-hydrogen) atoms. The third kappa shape index (κ3) is 4.94. The molecule has 0 radical (unpaired) electrons. The highest BCUT2D eigenvalue weighted by molar-refractivity contribution is 6.30. The minimum atomic E-state index is -3.50. The van der Waals surface area contributed by atoms with Crippen LogP contribution in [0.3, 0.4) is 0 Å². The summed E-state index contributed by atoms with van der Waals surface area (Å²) < 4.78 is 67.0. The number of aliphatic hydroxyl groups excluding tert-OH is 1. The number of aliphatic hydroxyl groups is 1. The fourth-order valence-corrected chi connectivity index (χ4v) is 2.77. The molecule has 0 aliphatic heterocycles. The lowest BCUT2D eigenvalue weighted by Crippen LogP contribution is -2.45. The highest BCUT2D eigenvalue weighted by Gasteiger charge is 2.30. The number of carbonyl (C=O) groups excluding carboxylic acids is 1. The third-order valence-corrected chi connectivity index (χ3v) is 4.56. The summed E-state index contributed by atoms with van der Waals surface area (Å²) in [6, 6.07) is 8.85. The number of amides is 1. The van der Waals surface area contributed by atoms with E-state index < -0.39 is 47.5 Å². The van der Waals surface area contributed by atoms with Gasteiger partial charge in [0.2, 0.25) is 6.30 Å². The van der Waals surface area contributed by atoms with Crippen molar-refractivity contribution in [1.29, 1.82) is 0 Å². The topological polar surface area (TPSA) is 84.2 Å². The van der Waals surface area contributed by atoms with Crippen molar-refractivity contribution in [3.05, 3.63) is 81.1 Å². The van der Waals surface area contributed by atoms with Gasteiger partial charge >= 0.3 is 0 Å². The first-order valence-corrected chi connectivity index (χ1v) is 9.23. The maximum Gasteiger partial charge on any atom is 0.284 e. The van der Waals surface area contributed by atoms with Crippen molar-refractivity contribution in [2.75, 3.05) is 0 Å². The zero-order valence-electron chi connectivity index (χ0n) is 15.8. The van der Waals surface area contributed by atoms with E-state index in [-0.39, 0.29) is 22.0 Å². The Morgan fingerprint density at radius 3 is 2.44 bits per heavy atom. The standard InChI is InChI=1S/C20H13ClF5N3O3/c21-13-5-4-9(6-14(13)23)15-8-12(19(31)27-18(26)16(30)17(24)25)20(32)29(28-15)11-3-1-2-10(22)7-11/h1-8,16-18,30H,(H,27,31)/t16-,18?/m0/s1. The van der Waals surface area contributed by atoms with Gasteiger partial charge in [0.25, 0.3) is 17.9 Å². The Morgan fingerprint density at radius 2 is 1.81 bits per heavy atom. The van der Waals surface area contributed by atoms with Crippen molar-refractivity contribution in [2.24, 2.45) is 0 Å². The third-order valence-electron chi connectivity index (χ3n) is 4.25. The number of rotatable bonds is 6. The van der Waals surface area contributed by atoms with Gasteiger partial charge in [-0.1, -0.05) is 23.7 Å². The molecule has 12 heteroatoms. The lowest BCUT2D eigenvalue weighted by atomic mass is 10.1. The zero-order chi connectivity index (χ0) is 23.6. The average Bonchev–Trinajstić information content (AvgIpc) is 2.75. The molecule has 168 valence electrons. The van der Waals surface area contributed by atoms with Crippen LogP contribution in [0.5, 0.6) is 0 Å². The molecule has 0 saturated heterocycles. The molecule has 0 spiro atoms. The molecule has 2 aromatic carbocycles. The van der Waals surface area contributed by atoms with E-state index in [0.717, 1.165) is 24.3 Å². The first-order chi connectivity index (χ1) is 15.1. The first kappa shape index (κ1) is 23.4. The predicted octanol–water partition coefficient (Wildman–Crippen LogP) is 3.48. The Balaban J connectivity index is 2.15. The van der Waals surface area contributed by atoms with Crippen LogP contribution in [0.25, 0.3) is 16.9 Å². The molecule has 0 fully saturated rings. The maximum absolute atomic E-state index is 13.9. The predicted molar refractivity (Wildman–Crippen MR) is 105 cm³/mol. The van der Waals surface area contributed by atoms with E-state index in [9.17, 15) is 31.5 Å². The second-order valence-electron chi connectivity index (χ2n) is 6.47. The molecule has 1 heterocycles. The Bertz CT molecular complexity index is 1220. The summed E-state index contributed by atoms with van der Waals surface area (Å²) >= 11 is 5.65. The molecular formula is C20H13ClF5N3O3. The maximum atomic E-state index is 13.9. The van der Waals surface area contributed by atoms with E-state index in [1.54, 1.807) is 0 Å². The number of hydrogen-bond acceptors (Lipinski definition) is 4. The van der Waals surface area contributed by atoms with E-state index in [1.807, 2.05) is 0 Å². The largest absolute Gasteiger partial charge is 0.382 e. The van der Waals surface area contributed by atoms with Crippen LogP contribution in [0.2, 0.25) is 5.02 Å². The Labute approximate surface area is 181 Å². The summed E-state index contributed by atoms with van der Waals surface area (Å²) in [5, 5.41) is 14.3. The van der Waals surface area contributed by atoms with Crippen molar-refractivity contribution in [3.63, 3.8) is 0 Å². The SMILES string of the molecule is O=C(NC(F)[C@@H](O)C(F)F)c1cc(-c2ccc(Cl)c(F)c2)nn(-c2cccc(F)c2)c1=O. The molecule has 0 aliphatic carbocycles. The van der Waals surface area contributed by atoms with Gasteiger partial charge in [0.15, 0.2) is 6.10 Å². The molecule has 1 aromatic heterocycles. The molecular weight excluding hydrogens is 461 g/mol. The summed E-state index contributed by atoms with van der Waals surface area (Å²) in [7, 11) is 0. The summed E-state index contributed by atoms with van der Waals surface area (Å²) in [4.78, 5) is 25.2. The van der Waals surface area contributed by atoms with E-state index in [2.05, 4.69) is 5.10 Å². The number of halogens is 6. The van der Waals surface area contributed by atoms with Crippen molar-refractivity contribution in [3.8, 4) is 16.9 Å². The molecule has 1 unspecified atom stereocenters. The number of alkyl halides is 3. The van der Waals surface area contributed by atoms with Gasteiger partial charge in [-0.2, -0.15) is 9.78 Å². The van der Waals surface area contributed by atoms with Gasteiger partial charge in [-0.25, -0.2) is 22.0 Å². The Kier molecular flexibility index (Phi) is 6.90. The van der Waals surface area contributed by atoms with E-state index in [0.29, 0.717) is 4.68 Å². The summed E-state index contributed by atoms with van der Waals surface area (Å²) in [6.45, 7) is 0. The number of carbonyl (C=O) groups is 1. The van der Waals surface area contributed by atoms with E-state index in [1.165, 1.54) is 29.6 Å². The van der Waals surface area contributed by atoms with Crippen LogP contribution in [0.15, 0.2) is 53.3 Å². The molecule has 1 amide bonds. The first-order valence-electron chi connectivity index (χ1n) is 8.85. The number of aromatic nitrogens is 2. The Hall–Kier alpha value is -3.31. The average molecular weight is 474 g/mol. The van der Waals surface area contributed by atoms with Crippen LogP contribution < -0.4 is 10.9 Å². The second kappa shape index (κ2) is 9.45. The smallest absolute Gasteiger partial charge is 0.284 e. The van der Waals surface area contributed by atoms with Gasteiger partial charge in [0.1, 0.15) is 17.2 Å². The van der Waals surface area contributed by atoms with E-state index in [4.69, 9.17) is 16.7 Å². The molecule has 3 aromatic rings. The molecule has 0 aliphatic rings. The van der Waals surface area contributed by atoms with Crippen LogP contribution in [0, 0.1) is 11.6 Å². The van der Waals surface area contributed by atoms with Gasteiger partial charge in [-0.3, -0.25) is 9.59 Å². The van der Waals surface area contributed by atoms with Gasteiger partial charge in [-0.05, 0) is 36.4 Å². The van der Waals surface area contributed by atoms with Gasteiger partial charge in [0.05, 0.1) is 16.4 Å². The summed E-state index contributed by atoms with van der Waals surface area (Å²) in [5.41, 5.74) is -2.16. The highest BCUT2D eigenvalue weighted by Crippen LogP contribution is 2.23. The second-order valence-corrected chi connectivity index (χ2v) is 6.88. The zero-order valence-corrected chi connectivity index (χ0v) is 16.5. The van der Waals surface area contributed by atoms with Crippen LogP contribution >= 0.6 is 11.6 Å². The van der Waals surface area contributed by atoms with Gasteiger partial charge in [-0.15, -0.1) is 0 Å². The molecule has 0 saturated carbocycles. The minimum Gasteiger partial charge on any atom is -0.382 e. The summed E-state index contributed by atoms with van der Waals surface area (Å²) in [6.07, 6.45) is -9.23. The quantitative estimate of drug-likeness (QED) is 0.424. The highest BCUT2D eigenvalue weighted by atomic mass is 35.5. The molecule has 2 N–H and O–H groups in total. The summed E-state index contributed by atoms with van der Waals surface area (Å²) in [5.74, 6) is -3.04. The molecule has 6 nitrogen and oxygen atoms in total. The van der Waals surface area contributed by atoms with Crippen LogP contribution in [-0.4, -0.2) is 39.6 Å². The molecule has 2 atom stereocenters. The lowest BCUT2D eigenvalue weighted by molar-refractivity contribution is -0.0551. The molecule has 3 rings (SSSR count). The van der Waals surface area contributed by atoms with Crippen LogP contribution in [0.4, 0.5) is 22.0 Å². The van der Waals surface area contributed by atoms with Gasteiger partial charge in [0, 0.05) is 5.56 Å². The normalized spacial score (nSPS) is 13.1. The number of benzene rings is 2. The number of nitrogens with zero attached hydrogens (tertiary/aromatic N) is 2. The van der Waals surface area contributed by atoms with Crippen molar-refractivity contribution in [2.45, 2.75) is 18.8 Å². The van der Waals surface area contributed by atoms with Crippen molar-refractivity contribution in [1.82, 2.24) is 15.1 Å². The van der Waals surface area contributed by atoms with Crippen LogP contribution in [-0.2, 0) is 0 Å². The fourth-order valence-electron chi connectivity index (χ4n) is 2.65. The van der Waals surface area contributed by atoms with E-state index >= 15 is 0 Å². The lowest BCUT2D eigenvalue weighted by Gasteiger charge is -2.17. The van der Waals surface area contributed by atoms with Crippen molar-refractivity contribution < 1.29 is 31.9 Å². The van der Waals surface area contributed by atoms with Crippen molar-refractivity contribution >= 4 is 17.5 Å². The minimum absolute atomic E-state index is 0.0514.